The highest BCUT2D eigenvalue weighted by molar-refractivity contribution is 5.75. The summed E-state index contributed by atoms with van der Waals surface area (Å²) in [5.74, 6) is 0.680. The highest BCUT2D eigenvalue weighted by atomic mass is 16.1. The van der Waals surface area contributed by atoms with Crippen LogP contribution in [0.2, 0.25) is 0 Å². The summed E-state index contributed by atoms with van der Waals surface area (Å²) in [6, 6.07) is 12.7. The zero-order valence-electron chi connectivity index (χ0n) is 14.9. The lowest BCUT2D eigenvalue weighted by molar-refractivity contribution is -0.118. The summed E-state index contributed by atoms with van der Waals surface area (Å²) in [4.78, 5) is 16.3. The quantitative estimate of drug-likeness (QED) is 0.752. The standard InChI is InChI=1S/C20H26N4O/c1-3-16-10-15(11-18(21)25)19-17(23-16)9-13(2)20(24-19)22-12-14-7-5-4-6-8-14/h4-9,15-16,23H,3,10-12H2,1-2H3,(H2,21,25)(H,22,24)/t15-,16-/m0/s1. The van der Waals surface area contributed by atoms with E-state index in [0.29, 0.717) is 12.5 Å². The van der Waals surface area contributed by atoms with Gasteiger partial charge in [-0.15, -0.1) is 0 Å². The first-order chi connectivity index (χ1) is 12.1. The third-order valence-corrected chi connectivity index (χ3v) is 4.80. The molecule has 1 aliphatic heterocycles. The number of aryl methyl sites for hydroxylation is 1. The summed E-state index contributed by atoms with van der Waals surface area (Å²) in [5, 5.41) is 6.97. The second-order valence-electron chi connectivity index (χ2n) is 6.78. The Hall–Kier alpha value is -2.56. The van der Waals surface area contributed by atoms with E-state index in [0.717, 1.165) is 42.1 Å². The molecule has 4 N–H and O–H groups in total. The second kappa shape index (κ2) is 7.55. The largest absolute Gasteiger partial charge is 0.381 e. The Bertz CT molecular complexity index is 745. The van der Waals surface area contributed by atoms with Crippen LogP contribution in [0, 0.1) is 6.92 Å². The summed E-state index contributed by atoms with van der Waals surface area (Å²) in [5.41, 5.74) is 9.75. The molecule has 1 amide bonds. The summed E-state index contributed by atoms with van der Waals surface area (Å²) < 4.78 is 0. The number of nitrogens with zero attached hydrogens (tertiary/aromatic N) is 1. The van der Waals surface area contributed by atoms with E-state index in [1.54, 1.807) is 0 Å². The molecule has 3 rings (SSSR count). The van der Waals surface area contributed by atoms with Gasteiger partial charge in [0.1, 0.15) is 5.82 Å². The number of rotatable bonds is 6. The fraction of sp³-hybridized carbons (Fsp3) is 0.400. The number of hydrogen-bond acceptors (Lipinski definition) is 4. The van der Waals surface area contributed by atoms with Crippen LogP contribution in [0.25, 0.3) is 0 Å². The van der Waals surface area contributed by atoms with Crippen LogP contribution in [0.4, 0.5) is 11.5 Å². The first kappa shape index (κ1) is 17.3. The minimum Gasteiger partial charge on any atom is -0.381 e. The van der Waals surface area contributed by atoms with E-state index in [2.05, 4.69) is 42.7 Å². The van der Waals surface area contributed by atoms with Crippen molar-refractivity contribution in [2.75, 3.05) is 10.6 Å². The van der Waals surface area contributed by atoms with E-state index in [1.165, 1.54) is 5.56 Å². The SMILES string of the molecule is CC[C@H]1C[C@@H](CC(N)=O)c2nc(NCc3ccccc3)c(C)cc2N1. The number of primary amides is 1. The fourth-order valence-corrected chi connectivity index (χ4v) is 3.44. The van der Waals surface area contributed by atoms with Crippen LogP contribution in [0.15, 0.2) is 36.4 Å². The van der Waals surface area contributed by atoms with Gasteiger partial charge in [-0.2, -0.15) is 0 Å². The topological polar surface area (TPSA) is 80.0 Å². The van der Waals surface area contributed by atoms with Crippen molar-refractivity contribution in [2.24, 2.45) is 5.73 Å². The van der Waals surface area contributed by atoms with Gasteiger partial charge in [0.2, 0.25) is 5.91 Å². The molecule has 0 saturated heterocycles. The molecule has 0 radical (unpaired) electrons. The Morgan fingerprint density at radius 3 is 2.80 bits per heavy atom. The number of hydrogen-bond donors (Lipinski definition) is 3. The third-order valence-electron chi connectivity index (χ3n) is 4.80. The molecule has 0 unspecified atom stereocenters. The number of nitrogens with two attached hydrogens (primary N) is 1. The molecule has 132 valence electrons. The Morgan fingerprint density at radius 1 is 1.36 bits per heavy atom. The predicted molar refractivity (Wildman–Crippen MR) is 102 cm³/mol. The zero-order valence-corrected chi connectivity index (χ0v) is 14.9. The summed E-state index contributed by atoms with van der Waals surface area (Å²) in [6.07, 6.45) is 2.25. The number of carbonyl (C=O) groups is 1. The molecule has 0 spiro atoms. The number of carbonyl (C=O) groups excluding carboxylic acids is 1. The lowest BCUT2D eigenvalue weighted by atomic mass is 9.86. The van der Waals surface area contributed by atoms with Crippen LogP contribution in [0.3, 0.4) is 0 Å². The van der Waals surface area contributed by atoms with Crippen LogP contribution in [0.5, 0.6) is 0 Å². The summed E-state index contributed by atoms with van der Waals surface area (Å²) >= 11 is 0. The maximum atomic E-state index is 11.5. The molecule has 0 fully saturated rings. The van der Waals surface area contributed by atoms with Crippen LogP contribution < -0.4 is 16.4 Å². The number of anilines is 2. The molecule has 25 heavy (non-hydrogen) atoms. The number of amides is 1. The molecule has 1 aliphatic rings. The van der Waals surface area contributed by atoms with E-state index >= 15 is 0 Å². The molecule has 2 aromatic rings. The number of nitrogens with one attached hydrogen (secondary N) is 2. The second-order valence-corrected chi connectivity index (χ2v) is 6.78. The fourth-order valence-electron chi connectivity index (χ4n) is 3.44. The monoisotopic (exact) mass is 338 g/mol. The molecular formula is C20H26N4O. The molecule has 0 saturated carbocycles. The normalized spacial score (nSPS) is 19.0. The van der Waals surface area contributed by atoms with E-state index in [9.17, 15) is 4.79 Å². The maximum absolute atomic E-state index is 11.5. The van der Waals surface area contributed by atoms with E-state index < -0.39 is 0 Å². The molecule has 1 aromatic carbocycles. The van der Waals surface area contributed by atoms with E-state index in [-0.39, 0.29) is 11.8 Å². The van der Waals surface area contributed by atoms with Crippen molar-refractivity contribution in [3.63, 3.8) is 0 Å². The van der Waals surface area contributed by atoms with E-state index in [4.69, 9.17) is 10.7 Å². The van der Waals surface area contributed by atoms with E-state index in [1.807, 2.05) is 18.2 Å². The van der Waals surface area contributed by atoms with Crippen molar-refractivity contribution in [3.05, 3.63) is 53.2 Å². The number of benzene rings is 1. The van der Waals surface area contributed by atoms with Crippen LogP contribution in [-0.4, -0.2) is 16.9 Å². The van der Waals surface area contributed by atoms with Gasteiger partial charge in [0.25, 0.3) is 0 Å². The highest BCUT2D eigenvalue weighted by Crippen LogP contribution is 2.37. The minimum absolute atomic E-state index is 0.0802. The van der Waals surface area contributed by atoms with Gasteiger partial charge in [0, 0.05) is 24.9 Å². The molecule has 0 aliphatic carbocycles. The van der Waals surface area contributed by atoms with Gasteiger partial charge >= 0.3 is 0 Å². The van der Waals surface area contributed by atoms with Crippen molar-refractivity contribution in [3.8, 4) is 0 Å². The molecule has 2 heterocycles. The summed E-state index contributed by atoms with van der Waals surface area (Å²) in [6.45, 7) is 4.93. The van der Waals surface area contributed by atoms with Gasteiger partial charge in [-0.1, -0.05) is 37.3 Å². The van der Waals surface area contributed by atoms with Crippen LogP contribution >= 0.6 is 0 Å². The maximum Gasteiger partial charge on any atom is 0.218 e. The number of pyridine rings is 1. The van der Waals surface area contributed by atoms with Crippen molar-refractivity contribution in [1.29, 1.82) is 0 Å². The number of fused-ring (bicyclic) bond motifs is 1. The molecule has 5 nitrogen and oxygen atoms in total. The van der Waals surface area contributed by atoms with Crippen molar-refractivity contribution in [2.45, 2.75) is 51.6 Å². The van der Waals surface area contributed by atoms with Crippen molar-refractivity contribution < 1.29 is 4.79 Å². The first-order valence-electron chi connectivity index (χ1n) is 8.91. The predicted octanol–water partition coefficient (Wildman–Crippen LogP) is 3.56. The molecule has 2 atom stereocenters. The Labute approximate surface area is 149 Å². The Balaban J connectivity index is 1.85. The number of aromatic nitrogens is 1. The zero-order chi connectivity index (χ0) is 17.8. The van der Waals surface area contributed by atoms with Crippen molar-refractivity contribution >= 4 is 17.4 Å². The highest BCUT2D eigenvalue weighted by Gasteiger charge is 2.29. The van der Waals surface area contributed by atoms with Crippen LogP contribution in [-0.2, 0) is 11.3 Å². The Kier molecular flexibility index (Phi) is 5.22. The van der Waals surface area contributed by atoms with Crippen molar-refractivity contribution in [1.82, 2.24) is 4.98 Å². The van der Waals surface area contributed by atoms with Crippen LogP contribution in [0.1, 0.15) is 48.9 Å². The minimum atomic E-state index is -0.270. The summed E-state index contributed by atoms with van der Waals surface area (Å²) in [7, 11) is 0. The first-order valence-corrected chi connectivity index (χ1v) is 8.91. The molecular weight excluding hydrogens is 312 g/mol. The smallest absolute Gasteiger partial charge is 0.218 e. The lowest BCUT2D eigenvalue weighted by Gasteiger charge is -2.32. The Morgan fingerprint density at radius 2 is 2.12 bits per heavy atom. The van der Waals surface area contributed by atoms with Gasteiger partial charge in [-0.05, 0) is 37.0 Å². The molecule has 0 bridgehead atoms. The van der Waals surface area contributed by atoms with Gasteiger partial charge in [-0.25, -0.2) is 4.98 Å². The third kappa shape index (κ3) is 4.10. The average molecular weight is 338 g/mol. The molecule has 1 aromatic heterocycles. The van der Waals surface area contributed by atoms with Gasteiger partial charge in [0.05, 0.1) is 11.4 Å². The average Bonchev–Trinajstić information content (AvgIpc) is 2.60. The van der Waals surface area contributed by atoms with Gasteiger partial charge < -0.3 is 16.4 Å². The van der Waals surface area contributed by atoms with Gasteiger partial charge in [0.15, 0.2) is 0 Å². The molecule has 5 heteroatoms. The van der Waals surface area contributed by atoms with Gasteiger partial charge in [-0.3, -0.25) is 4.79 Å². The lowest BCUT2D eigenvalue weighted by Crippen LogP contribution is -2.31.